The van der Waals surface area contributed by atoms with Gasteiger partial charge < -0.3 is 19.4 Å². The van der Waals surface area contributed by atoms with Crippen LogP contribution in [0.15, 0.2) is 47.5 Å². The molecule has 180 valence electrons. The molecule has 0 saturated carbocycles. The van der Waals surface area contributed by atoms with Crippen LogP contribution in [0.25, 0.3) is 11.3 Å². The van der Waals surface area contributed by atoms with Gasteiger partial charge in [0.1, 0.15) is 5.69 Å². The number of nitrogens with one attached hydrogen (secondary N) is 3. The van der Waals surface area contributed by atoms with Gasteiger partial charge in [0.05, 0.1) is 30.2 Å². The van der Waals surface area contributed by atoms with Crippen LogP contribution in [0.4, 0.5) is 0 Å². The van der Waals surface area contributed by atoms with Crippen LogP contribution < -0.4 is 10.9 Å². The topological polar surface area (TPSA) is 126 Å². The van der Waals surface area contributed by atoms with Crippen molar-refractivity contribution in [1.82, 2.24) is 19.9 Å². The molecule has 0 bridgehead atoms. The molecule has 0 spiro atoms. The molecule has 2 heterocycles. The van der Waals surface area contributed by atoms with Crippen molar-refractivity contribution in [2.24, 2.45) is 0 Å². The maximum absolute atomic E-state index is 12.3. The Morgan fingerprint density at radius 1 is 1.21 bits per heavy atom. The van der Waals surface area contributed by atoms with Gasteiger partial charge in [-0.1, -0.05) is 12.1 Å². The van der Waals surface area contributed by atoms with Crippen molar-refractivity contribution in [2.75, 3.05) is 20.8 Å². The fourth-order valence-corrected chi connectivity index (χ4v) is 3.62. The Hall–Kier alpha value is -3.69. The maximum atomic E-state index is 12.3. The predicted octanol–water partition coefficient (Wildman–Crippen LogP) is 3.46. The van der Waals surface area contributed by atoms with Gasteiger partial charge in [0, 0.05) is 38.5 Å². The fraction of sp³-hybridized carbons (Fsp3) is 0.320. The minimum atomic E-state index is -0.267. The number of aromatic nitrogens is 3. The van der Waals surface area contributed by atoms with Crippen LogP contribution >= 0.6 is 0 Å². The summed E-state index contributed by atoms with van der Waals surface area (Å²) in [6, 6.07) is 8.71. The predicted molar refractivity (Wildman–Crippen MR) is 134 cm³/mol. The van der Waals surface area contributed by atoms with E-state index in [9.17, 15) is 4.79 Å². The van der Waals surface area contributed by atoms with Crippen LogP contribution in [0.1, 0.15) is 42.5 Å². The lowest BCUT2D eigenvalue weighted by Gasteiger charge is -2.16. The zero-order chi connectivity index (χ0) is 24.8. The summed E-state index contributed by atoms with van der Waals surface area (Å²) in [5, 5.41) is 19.9. The summed E-state index contributed by atoms with van der Waals surface area (Å²) in [5.74, 6) is -0.399. The molecule has 9 nitrogen and oxygen atoms in total. The quantitative estimate of drug-likeness (QED) is 0.346. The highest BCUT2D eigenvalue weighted by Gasteiger charge is 2.17. The van der Waals surface area contributed by atoms with Crippen molar-refractivity contribution in [2.45, 2.75) is 33.4 Å². The second-order valence-electron chi connectivity index (χ2n) is 8.10. The summed E-state index contributed by atoms with van der Waals surface area (Å²) in [7, 11) is 3.46. The van der Waals surface area contributed by atoms with Crippen LogP contribution in [-0.2, 0) is 16.0 Å². The Balaban J connectivity index is 0.00000432. The van der Waals surface area contributed by atoms with E-state index in [0.29, 0.717) is 29.1 Å². The summed E-state index contributed by atoms with van der Waals surface area (Å²) in [6.07, 6.45) is 3.30. The summed E-state index contributed by atoms with van der Waals surface area (Å²) in [4.78, 5) is 21.2. The highest BCUT2D eigenvalue weighted by atomic mass is 16.5. The monoisotopic (exact) mass is 464 g/mol. The van der Waals surface area contributed by atoms with Crippen LogP contribution in [0, 0.1) is 24.7 Å². The van der Waals surface area contributed by atoms with E-state index in [1.807, 2.05) is 39.1 Å². The van der Waals surface area contributed by atoms with E-state index in [4.69, 9.17) is 20.3 Å². The van der Waals surface area contributed by atoms with Gasteiger partial charge in [0.15, 0.2) is 0 Å². The molecular formula is C25H32N6O3. The van der Waals surface area contributed by atoms with Gasteiger partial charge >= 0.3 is 0 Å². The third-order valence-corrected chi connectivity index (χ3v) is 5.41. The number of hydrogen-bond donors (Lipinski definition) is 3. The second-order valence-corrected chi connectivity index (χ2v) is 8.10. The zero-order valence-corrected chi connectivity index (χ0v) is 20.1. The van der Waals surface area contributed by atoms with Crippen LogP contribution in [-0.4, -0.2) is 47.1 Å². The van der Waals surface area contributed by atoms with Crippen LogP contribution in [0.3, 0.4) is 0 Å². The van der Waals surface area contributed by atoms with Gasteiger partial charge in [-0.05, 0) is 51.1 Å². The van der Waals surface area contributed by atoms with Gasteiger partial charge in [0.25, 0.3) is 5.56 Å². The lowest BCUT2D eigenvalue weighted by atomic mass is 10.0. The maximum Gasteiger partial charge on any atom is 0.250 e. The van der Waals surface area contributed by atoms with Crippen LogP contribution in [0.2, 0.25) is 0 Å². The van der Waals surface area contributed by atoms with E-state index in [2.05, 4.69) is 15.3 Å². The molecule has 1 unspecified atom stereocenters. The smallest absolute Gasteiger partial charge is 0.250 e. The van der Waals surface area contributed by atoms with E-state index in [1.165, 1.54) is 6.07 Å². The standard InChI is InChI=1S/C25H30N6O3.H2/c1-15-10-18(11-28-4)6-8-20(15)24(26)34-25(27)23-17(3)29-12-21(30-23)19-7-9-22(32)31(13-19)16(2)14-33-5;/h6-10,12-13,16,26-28H,11,14H2,1-5H3;1H. The first kappa shape index (κ1) is 24.9. The Morgan fingerprint density at radius 2 is 1.97 bits per heavy atom. The summed E-state index contributed by atoms with van der Waals surface area (Å²) < 4.78 is 12.3. The second kappa shape index (κ2) is 11.0. The van der Waals surface area contributed by atoms with Crippen molar-refractivity contribution >= 4 is 11.8 Å². The van der Waals surface area contributed by atoms with Crippen molar-refractivity contribution in [3.05, 3.63) is 81.2 Å². The minimum absolute atomic E-state index is 0. The average molecular weight is 465 g/mol. The molecule has 2 aromatic heterocycles. The first-order valence-electron chi connectivity index (χ1n) is 10.9. The molecule has 34 heavy (non-hydrogen) atoms. The molecule has 0 radical (unpaired) electrons. The largest absolute Gasteiger partial charge is 0.419 e. The molecule has 1 atom stereocenters. The van der Waals surface area contributed by atoms with Gasteiger partial charge in [-0.2, -0.15) is 0 Å². The molecule has 0 aliphatic carbocycles. The molecular weight excluding hydrogens is 432 g/mol. The number of ether oxygens (including phenoxy) is 2. The van der Waals surface area contributed by atoms with Gasteiger partial charge in [-0.15, -0.1) is 0 Å². The molecule has 3 N–H and O–H groups in total. The highest BCUT2D eigenvalue weighted by Crippen LogP contribution is 2.19. The van der Waals surface area contributed by atoms with Crippen molar-refractivity contribution in [3.8, 4) is 11.3 Å². The van der Waals surface area contributed by atoms with E-state index < -0.39 is 0 Å². The highest BCUT2D eigenvalue weighted by molar-refractivity contribution is 6.05. The molecule has 1 aromatic carbocycles. The number of pyridine rings is 1. The zero-order valence-electron chi connectivity index (χ0n) is 20.1. The van der Waals surface area contributed by atoms with E-state index in [-0.39, 0.29) is 30.5 Å². The number of rotatable bonds is 8. The van der Waals surface area contributed by atoms with Gasteiger partial charge in [-0.25, -0.2) is 4.98 Å². The van der Waals surface area contributed by atoms with E-state index >= 15 is 0 Å². The van der Waals surface area contributed by atoms with Crippen molar-refractivity contribution in [3.63, 3.8) is 0 Å². The lowest BCUT2D eigenvalue weighted by Crippen LogP contribution is -2.24. The number of methoxy groups -OCH3 is 1. The average Bonchev–Trinajstić information content (AvgIpc) is 2.80. The van der Waals surface area contributed by atoms with E-state index in [1.54, 1.807) is 37.1 Å². The summed E-state index contributed by atoms with van der Waals surface area (Å²) in [5.41, 5.74) is 4.34. The first-order valence-corrected chi connectivity index (χ1v) is 10.9. The summed E-state index contributed by atoms with van der Waals surface area (Å²) >= 11 is 0. The summed E-state index contributed by atoms with van der Waals surface area (Å²) in [6.45, 7) is 6.64. The molecule has 0 amide bonds. The number of hydrogen-bond acceptors (Lipinski definition) is 8. The third kappa shape index (κ3) is 5.62. The Morgan fingerprint density at radius 3 is 2.65 bits per heavy atom. The third-order valence-electron chi connectivity index (χ3n) is 5.41. The Labute approximate surface area is 200 Å². The Kier molecular flexibility index (Phi) is 8.04. The molecule has 0 aliphatic heterocycles. The first-order chi connectivity index (χ1) is 16.2. The molecule has 0 fully saturated rings. The minimum Gasteiger partial charge on any atom is -0.419 e. The van der Waals surface area contributed by atoms with Crippen LogP contribution in [0.5, 0.6) is 0 Å². The number of nitrogens with zero attached hydrogens (tertiary/aromatic N) is 3. The molecule has 3 rings (SSSR count). The molecule has 0 saturated heterocycles. The fourth-order valence-electron chi connectivity index (χ4n) is 3.62. The lowest BCUT2D eigenvalue weighted by molar-refractivity contribution is 0.161. The molecule has 9 heteroatoms. The van der Waals surface area contributed by atoms with E-state index in [0.717, 1.165) is 17.7 Å². The van der Waals surface area contributed by atoms with Gasteiger partial charge in [0.2, 0.25) is 11.8 Å². The SMILES string of the molecule is CNCc1ccc(C(=N)OC(=N)c2nc(-c3ccc(=O)n(C(C)COC)c3)cnc2C)c(C)c1.[HH]. The van der Waals surface area contributed by atoms with Crippen molar-refractivity contribution < 1.29 is 10.9 Å². The molecule has 3 aromatic rings. The van der Waals surface area contributed by atoms with Gasteiger partial charge in [-0.3, -0.25) is 20.6 Å². The molecule has 0 aliphatic rings. The number of benzene rings is 1. The Bertz CT molecular complexity index is 1270. The van der Waals surface area contributed by atoms with Crippen molar-refractivity contribution in [1.29, 1.82) is 10.8 Å². The number of aryl methyl sites for hydroxylation is 2. The normalized spacial score (nSPS) is 11.8.